The van der Waals surface area contributed by atoms with Gasteiger partial charge in [-0.3, -0.25) is 0 Å². The molecule has 0 bridgehead atoms. The van der Waals surface area contributed by atoms with Crippen LogP contribution in [0.1, 0.15) is 11.1 Å². The molecule has 0 spiro atoms. The number of nitrogens with one attached hydrogen (secondary N) is 1. The molecule has 0 aliphatic heterocycles. The topological polar surface area (TPSA) is 99.6 Å². The van der Waals surface area contributed by atoms with Crippen LogP contribution in [0.3, 0.4) is 0 Å². The minimum atomic E-state index is -0.621. The Hall–Kier alpha value is -3.42. The fourth-order valence-electron chi connectivity index (χ4n) is 3.68. The first kappa shape index (κ1) is 22.8. The molecule has 0 saturated heterocycles. The third kappa shape index (κ3) is 4.17. The number of anilines is 3. The molecule has 0 saturated carbocycles. The molecule has 0 radical (unpaired) electrons. The van der Waals surface area contributed by atoms with Gasteiger partial charge in [-0.05, 0) is 37.1 Å². The van der Waals surface area contributed by atoms with Gasteiger partial charge in [0.25, 0.3) is 0 Å². The fraction of sp³-hybridized carbons (Fsp3) is 0.167. The highest BCUT2D eigenvalue weighted by Crippen LogP contribution is 2.45. The van der Waals surface area contributed by atoms with E-state index in [-0.39, 0.29) is 21.2 Å². The number of ether oxygens (including phenoxy) is 2. The van der Waals surface area contributed by atoms with Crippen LogP contribution in [0.2, 0.25) is 10.0 Å². The third-order valence-corrected chi connectivity index (χ3v) is 5.97. The number of methoxy groups -OCH3 is 2. The van der Waals surface area contributed by atoms with E-state index in [0.717, 1.165) is 16.8 Å². The monoisotopic (exact) mass is 485 g/mol. The lowest BCUT2D eigenvalue weighted by molar-refractivity contribution is 0.395. The minimum absolute atomic E-state index is 0.163. The van der Waals surface area contributed by atoms with Crippen LogP contribution < -0.4 is 26.1 Å². The normalized spacial score (nSPS) is 11.0. The number of aryl methyl sites for hydroxylation is 2. The number of halogens is 2. The van der Waals surface area contributed by atoms with Crippen molar-refractivity contribution in [1.82, 2.24) is 4.98 Å². The molecule has 9 heteroatoms. The second-order valence-corrected chi connectivity index (χ2v) is 8.27. The number of pyridine rings is 1. The highest BCUT2D eigenvalue weighted by molar-refractivity contribution is 6.41. The van der Waals surface area contributed by atoms with E-state index in [4.69, 9.17) is 42.8 Å². The molecule has 0 atom stereocenters. The minimum Gasteiger partial charge on any atom is -0.495 e. The summed E-state index contributed by atoms with van der Waals surface area (Å²) >= 11 is 12.9. The molecule has 7 nitrogen and oxygen atoms in total. The van der Waals surface area contributed by atoms with E-state index in [2.05, 4.69) is 10.3 Å². The first-order valence-corrected chi connectivity index (χ1v) is 10.7. The molecule has 4 rings (SSSR count). The molecule has 170 valence electrons. The molecular formula is C24H21Cl2N3O4. The van der Waals surface area contributed by atoms with Gasteiger partial charge in [-0.25, -0.2) is 9.78 Å². The second kappa shape index (κ2) is 8.84. The molecule has 2 aromatic carbocycles. The smallest absolute Gasteiger partial charge is 0.344 e. The summed E-state index contributed by atoms with van der Waals surface area (Å²) in [6.07, 6.45) is 1.59. The number of hydrogen-bond donors (Lipinski definition) is 2. The van der Waals surface area contributed by atoms with Crippen molar-refractivity contribution in [3.8, 4) is 22.6 Å². The zero-order chi connectivity index (χ0) is 23.9. The van der Waals surface area contributed by atoms with Crippen molar-refractivity contribution in [3.63, 3.8) is 0 Å². The number of nitrogen functional groups attached to an aromatic ring is 1. The molecule has 0 aliphatic rings. The molecule has 0 aliphatic carbocycles. The van der Waals surface area contributed by atoms with E-state index >= 15 is 0 Å². The summed E-state index contributed by atoms with van der Waals surface area (Å²) in [6, 6.07) is 8.69. The number of nitrogens with zero attached hydrogens (tertiary/aromatic N) is 1. The van der Waals surface area contributed by atoms with E-state index < -0.39 is 5.63 Å². The van der Waals surface area contributed by atoms with Crippen molar-refractivity contribution >= 4 is 51.4 Å². The summed E-state index contributed by atoms with van der Waals surface area (Å²) in [5.74, 6) is 1.11. The van der Waals surface area contributed by atoms with Gasteiger partial charge in [-0.1, -0.05) is 29.3 Å². The van der Waals surface area contributed by atoms with Crippen LogP contribution in [-0.2, 0) is 0 Å². The first-order chi connectivity index (χ1) is 15.7. The number of rotatable bonds is 5. The highest BCUT2D eigenvalue weighted by atomic mass is 35.5. The summed E-state index contributed by atoms with van der Waals surface area (Å²) in [5, 5.41) is 4.13. The molecule has 33 heavy (non-hydrogen) atoms. The van der Waals surface area contributed by atoms with Gasteiger partial charge < -0.3 is 24.9 Å². The summed E-state index contributed by atoms with van der Waals surface area (Å²) in [7, 11) is 2.92. The van der Waals surface area contributed by atoms with Crippen LogP contribution in [0.15, 0.2) is 45.7 Å². The third-order valence-electron chi connectivity index (χ3n) is 5.22. The number of hydrogen-bond acceptors (Lipinski definition) is 7. The number of aromatic nitrogens is 1. The Morgan fingerprint density at radius 3 is 2.27 bits per heavy atom. The SMILES string of the molecule is COc1cc(OC)c(Cl)c(-c2cc3cnc(Nc4c(C)cc(C)cc4N)cc3oc2=O)c1Cl. The van der Waals surface area contributed by atoms with Gasteiger partial charge in [0.15, 0.2) is 0 Å². The maximum Gasteiger partial charge on any atom is 0.344 e. The molecular weight excluding hydrogens is 465 g/mol. The Kier molecular flexibility index (Phi) is 6.10. The Labute approximate surface area is 200 Å². The van der Waals surface area contributed by atoms with Crippen molar-refractivity contribution < 1.29 is 13.9 Å². The van der Waals surface area contributed by atoms with Gasteiger partial charge in [0.2, 0.25) is 0 Å². The summed E-state index contributed by atoms with van der Waals surface area (Å²) in [6.45, 7) is 3.93. The van der Waals surface area contributed by atoms with E-state index in [0.29, 0.717) is 34.0 Å². The van der Waals surface area contributed by atoms with E-state index in [1.54, 1.807) is 24.4 Å². The molecule has 3 N–H and O–H groups in total. The Balaban J connectivity index is 1.82. The standard InChI is InChI=1S/C24H21Cl2N3O4/c1-11-5-12(2)23(15(27)6-11)29-19-9-16-13(10-28-19)7-14(24(30)33-16)20-21(25)17(31-3)8-18(32-4)22(20)26/h5-10H,27H2,1-4H3,(H,28,29). The molecule has 0 fully saturated rings. The molecule has 2 aromatic heterocycles. The maximum atomic E-state index is 12.9. The number of benzene rings is 2. The average Bonchev–Trinajstić information content (AvgIpc) is 2.77. The van der Waals surface area contributed by atoms with Gasteiger partial charge in [0.1, 0.15) is 22.9 Å². The largest absolute Gasteiger partial charge is 0.495 e. The lowest BCUT2D eigenvalue weighted by atomic mass is 10.1. The van der Waals surface area contributed by atoms with Gasteiger partial charge in [-0.15, -0.1) is 0 Å². The Morgan fingerprint density at radius 1 is 1.00 bits per heavy atom. The summed E-state index contributed by atoms with van der Waals surface area (Å²) in [4.78, 5) is 17.4. The van der Waals surface area contributed by atoms with Crippen LogP contribution in [0, 0.1) is 13.8 Å². The second-order valence-electron chi connectivity index (χ2n) is 7.51. The van der Waals surface area contributed by atoms with Crippen molar-refractivity contribution in [1.29, 1.82) is 0 Å². The van der Waals surface area contributed by atoms with Gasteiger partial charge in [0.05, 0.1) is 41.2 Å². The Morgan fingerprint density at radius 2 is 1.67 bits per heavy atom. The predicted molar refractivity (Wildman–Crippen MR) is 132 cm³/mol. The lowest BCUT2D eigenvalue weighted by Gasteiger charge is -2.15. The van der Waals surface area contributed by atoms with Gasteiger partial charge in [-0.2, -0.15) is 0 Å². The molecule has 0 amide bonds. The fourth-order valence-corrected chi connectivity index (χ4v) is 4.38. The highest BCUT2D eigenvalue weighted by Gasteiger charge is 2.22. The van der Waals surface area contributed by atoms with Gasteiger partial charge >= 0.3 is 5.63 Å². The zero-order valence-electron chi connectivity index (χ0n) is 18.4. The van der Waals surface area contributed by atoms with Crippen LogP contribution in [-0.4, -0.2) is 19.2 Å². The molecule has 4 aromatic rings. The predicted octanol–water partition coefficient (Wildman–Crippen LogP) is 6.12. The average molecular weight is 486 g/mol. The Bertz CT molecular complexity index is 1400. The molecule has 0 unspecified atom stereocenters. The quantitative estimate of drug-likeness (QED) is 0.328. The summed E-state index contributed by atoms with van der Waals surface area (Å²) in [5.41, 5.74) is 9.68. The van der Waals surface area contributed by atoms with Crippen LogP contribution >= 0.6 is 23.2 Å². The zero-order valence-corrected chi connectivity index (χ0v) is 19.9. The van der Waals surface area contributed by atoms with Crippen LogP contribution in [0.5, 0.6) is 11.5 Å². The maximum absolute atomic E-state index is 12.9. The van der Waals surface area contributed by atoms with E-state index in [9.17, 15) is 4.79 Å². The molecule has 2 heterocycles. The van der Waals surface area contributed by atoms with Crippen molar-refractivity contribution in [2.24, 2.45) is 0 Å². The van der Waals surface area contributed by atoms with Gasteiger partial charge in [0, 0.05) is 29.3 Å². The van der Waals surface area contributed by atoms with Crippen LogP contribution in [0.25, 0.3) is 22.1 Å². The van der Waals surface area contributed by atoms with Crippen LogP contribution in [0.4, 0.5) is 17.2 Å². The summed E-state index contributed by atoms with van der Waals surface area (Å²) < 4.78 is 16.2. The van der Waals surface area contributed by atoms with Crippen molar-refractivity contribution in [2.45, 2.75) is 13.8 Å². The number of nitrogens with two attached hydrogens (primary N) is 1. The number of fused-ring (bicyclic) bond motifs is 1. The van der Waals surface area contributed by atoms with Crippen molar-refractivity contribution in [3.05, 3.63) is 68.1 Å². The first-order valence-electron chi connectivity index (χ1n) is 9.91. The lowest BCUT2D eigenvalue weighted by Crippen LogP contribution is -2.06. The van der Waals surface area contributed by atoms with E-state index in [1.807, 2.05) is 26.0 Å². The van der Waals surface area contributed by atoms with Crippen molar-refractivity contribution in [2.75, 3.05) is 25.3 Å². The van der Waals surface area contributed by atoms with E-state index in [1.165, 1.54) is 14.2 Å².